The number of rotatable bonds is 4. The van der Waals surface area contributed by atoms with E-state index < -0.39 is 0 Å². The molecule has 1 N–H and O–H groups in total. The summed E-state index contributed by atoms with van der Waals surface area (Å²) in [5, 5.41) is 2.46. The first-order chi connectivity index (χ1) is 3.91. The molecule has 0 radical (unpaired) electrons. The number of thiocarbonyl (C=S) groups is 1. The molecule has 0 rings (SSSR count). The van der Waals surface area contributed by atoms with E-state index in [4.69, 9.17) is 0 Å². The third-order valence-electron chi connectivity index (χ3n) is 0.977. The van der Waals surface area contributed by atoms with Gasteiger partial charge in [-0.25, -0.2) is 0 Å². The molecule has 46 valence electrons. The highest BCUT2D eigenvalue weighted by atomic mass is 32.1. The molecule has 0 fully saturated rings. The van der Waals surface area contributed by atoms with Crippen molar-refractivity contribution in [2.45, 2.75) is 26.2 Å². The zero-order chi connectivity index (χ0) is 6.24. The number of hydrogen-bond acceptors (Lipinski definition) is 1. The van der Waals surface area contributed by atoms with Crippen molar-refractivity contribution in [3.05, 3.63) is 0 Å². The first-order valence-corrected chi connectivity index (χ1v) is 3.42. The van der Waals surface area contributed by atoms with E-state index in [0.717, 1.165) is 6.54 Å². The second kappa shape index (κ2) is 6.80. The first kappa shape index (κ1) is 7.80. The second-order valence-corrected chi connectivity index (χ2v) is 1.94. The van der Waals surface area contributed by atoms with Gasteiger partial charge in [0.15, 0.2) is 6.54 Å². The van der Waals surface area contributed by atoms with E-state index >= 15 is 0 Å². The summed E-state index contributed by atoms with van der Waals surface area (Å²) in [4.78, 5) is 2.85. The minimum Gasteiger partial charge on any atom is -0.191 e. The Balaban J connectivity index is 2.82. The lowest BCUT2D eigenvalue weighted by Gasteiger charge is -1.83. The van der Waals surface area contributed by atoms with E-state index in [1.54, 1.807) is 0 Å². The standard InChI is InChI=1S/C6H11NS/c1-2-3-4-5-7-6-8/h2-5H2,1H3/p+1. The molecular weight excluding hydrogens is 118 g/mol. The van der Waals surface area contributed by atoms with Gasteiger partial charge in [0.1, 0.15) is 0 Å². The molecule has 0 amide bonds. The van der Waals surface area contributed by atoms with Gasteiger partial charge in [0, 0.05) is 18.6 Å². The average Bonchev–Trinajstić information content (AvgIpc) is 1.81. The molecule has 0 aliphatic carbocycles. The van der Waals surface area contributed by atoms with Crippen LogP contribution in [0.1, 0.15) is 26.2 Å². The third kappa shape index (κ3) is 5.80. The number of unbranched alkanes of at least 4 members (excludes halogenated alkanes) is 2. The molecule has 0 saturated heterocycles. The molecule has 2 heteroatoms. The normalized spacial score (nSPS) is 8.12. The third-order valence-corrected chi connectivity index (χ3v) is 1.12. The molecule has 8 heavy (non-hydrogen) atoms. The molecule has 0 spiro atoms. The highest BCUT2D eigenvalue weighted by Crippen LogP contribution is 1.87. The molecule has 0 heterocycles. The predicted molar refractivity (Wildman–Crippen MR) is 38.0 cm³/mol. The van der Waals surface area contributed by atoms with E-state index in [9.17, 15) is 0 Å². The van der Waals surface area contributed by atoms with Crippen LogP contribution in [0.3, 0.4) is 0 Å². The zero-order valence-corrected chi connectivity index (χ0v) is 6.05. The maximum Gasteiger partial charge on any atom is 0.247 e. The molecule has 0 aliphatic heterocycles. The maximum absolute atomic E-state index is 4.44. The highest BCUT2D eigenvalue weighted by Gasteiger charge is 1.83. The van der Waals surface area contributed by atoms with Crippen LogP contribution < -0.4 is 4.99 Å². The monoisotopic (exact) mass is 130 g/mol. The van der Waals surface area contributed by atoms with Gasteiger partial charge in [-0.3, -0.25) is 0 Å². The summed E-state index contributed by atoms with van der Waals surface area (Å²) in [7, 11) is 0. The van der Waals surface area contributed by atoms with Crippen molar-refractivity contribution in [3.63, 3.8) is 0 Å². The quantitative estimate of drug-likeness (QED) is 0.329. The van der Waals surface area contributed by atoms with Crippen LogP contribution in [0, 0.1) is 0 Å². The lowest BCUT2D eigenvalue weighted by atomic mass is 10.3. The molecule has 0 aromatic heterocycles. The van der Waals surface area contributed by atoms with Crippen molar-refractivity contribution in [3.8, 4) is 0 Å². The van der Waals surface area contributed by atoms with Crippen LogP contribution >= 0.6 is 12.2 Å². The van der Waals surface area contributed by atoms with Crippen molar-refractivity contribution in [2.75, 3.05) is 6.54 Å². The van der Waals surface area contributed by atoms with Gasteiger partial charge < -0.3 is 0 Å². The van der Waals surface area contributed by atoms with Crippen LogP contribution in [0.15, 0.2) is 0 Å². The Kier molecular flexibility index (Phi) is 6.63. The van der Waals surface area contributed by atoms with Gasteiger partial charge in [-0.1, -0.05) is 13.3 Å². The van der Waals surface area contributed by atoms with Gasteiger partial charge in [0.25, 0.3) is 0 Å². The summed E-state index contributed by atoms with van der Waals surface area (Å²) in [6, 6.07) is 0. The molecule has 0 atom stereocenters. The molecule has 0 unspecified atom stereocenters. The molecule has 1 nitrogen and oxygen atoms in total. The Morgan fingerprint density at radius 1 is 1.50 bits per heavy atom. The largest absolute Gasteiger partial charge is 0.247 e. The fraction of sp³-hybridized carbons (Fsp3) is 0.833. The maximum atomic E-state index is 4.44. The molecule has 0 aromatic carbocycles. The van der Waals surface area contributed by atoms with Crippen LogP contribution in [0.25, 0.3) is 0 Å². The van der Waals surface area contributed by atoms with Gasteiger partial charge in [-0.15, -0.1) is 0 Å². The Hall–Kier alpha value is -0.200. The summed E-state index contributed by atoms with van der Waals surface area (Å²) in [6.45, 7) is 3.17. The summed E-state index contributed by atoms with van der Waals surface area (Å²) in [6.07, 6.45) is 3.75. The minimum absolute atomic E-state index is 0.983. The molecule has 0 bridgehead atoms. The zero-order valence-electron chi connectivity index (χ0n) is 5.24. The van der Waals surface area contributed by atoms with Crippen molar-refractivity contribution in [2.24, 2.45) is 0 Å². The number of isothiocyanates is 1. The van der Waals surface area contributed by atoms with Crippen LogP contribution in [0.4, 0.5) is 0 Å². The smallest absolute Gasteiger partial charge is 0.191 e. The number of nitrogens with one attached hydrogen (secondary N) is 1. The topological polar surface area (TPSA) is 14.0 Å². The lowest BCUT2D eigenvalue weighted by Crippen LogP contribution is -2.66. The summed E-state index contributed by atoms with van der Waals surface area (Å²) in [5.41, 5.74) is 0. The van der Waals surface area contributed by atoms with Crippen LogP contribution in [0.5, 0.6) is 0 Å². The molecule has 0 aliphatic rings. The molecule has 0 aromatic rings. The summed E-state index contributed by atoms with van der Waals surface area (Å²) >= 11 is 4.44. The number of hydrogen-bond donors (Lipinski definition) is 1. The Morgan fingerprint density at radius 3 is 2.75 bits per heavy atom. The summed E-state index contributed by atoms with van der Waals surface area (Å²) in [5.74, 6) is 0. The van der Waals surface area contributed by atoms with Crippen molar-refractivity contribution in [1.82, 2.24) is 0 Å². The van der Waals surface area contributed by atoms with Crippen LogP contribution in [-0.2, 0) is 0 Å². The Morgan fingerprint density at radius 2 is 2.25 bits per heavy atom. The van der Waals surface area contributed by atoms with Gasteiger partial charge in [-0.05, 0) is 6.42 Å². The van der Waals surface area contributed by atoms with Gasteiger partial charge in [-0.2, -0.15) is 4.99 Å². The van der Waals surface area contributed by atoms with E-state index in [-0.39, 0.29) is 0 Å². The molecule has 0 saturated carbocycles. The average molecular weight is 130 g/mol. The van der Waals surface area contributed by atoms with Gasteiger partial charge in [0.05, 0.1) is 0 Å². The van der Waals surface area contributed by atoms with E-state index in [1.807, 2.05) is 0 Å². The van der Waals surface area contributed by atoms with Crippen LogP contribution in [-0.4, -0.2) is 11.7 Å². The van der Waals surface area contributed by atoms with E-state index in [0.29, 0.717) is 0 Å². The van der Waals surface area contributed by atoms with Crippen molar-refractivity contribution in [1.29, 1.82) is 0 Å². The fourth-order valence-electron chi connectivity index (χ4n) is 0.514. The second-order valence-electron chi connectivity index (χ2n) is 1.74. The van der Waals surface area contributed by atoms with Crippen molar-refractivity contribution >= 4 is 17.4 Å². The lowest BCUT2D eigenvalue weighted by molar-refractivity contribution is -0.448. The Labute approximate surface area is 55.8 Å². The fourth-order valence-corrected chi connectivity index (χ4v) is 0.616. The van der Waals surface area contributed by atoms with Gasteiger partial charge >= 0.3 is 0 Å². The minimum atomic E-state index is 0.983. The predicted octanol–water partition coefficient (Wildman–Crippen LogP) is 0.360. The van der Waals surface area contributed by atoms with Crippen molar-refractivity contribution < 1.29 is 4.99 Å². The SMILES string of the molecule is CCCCC[NH+]=C=S. The Bertz CT molecular complexity index is 84.5. The highest BCUT2D eigenvalue weighted by molar-refractivity contribution is 7.78. The molecular formula is C6H12NS+. The van der Waals surface area contributed by atoms with Gasteiger partial charge in [0.2, 0.25) is 5.16 Å². The van der Waals surface area contributed by atoms with E-state index in [2.05, 4.69) is 29.3 Å². The summed E-state index contributed by atoms with van der Waals surface area (Å²) < 4.78 is 0. The first-order valence-electron chi connectivity index (χ1n) is 3.01. The van der Waals surface area contributed by atoms with Crippen LogP contribution in [0.2, 0.25) is 0 Å². The van der Waals surface area contributed by atoms with E-state index in [1.165, 1.54) is 19.3 Å².